The molecule has 1 aliphatic carbocycles. The second kappa shape index (κ2) is 4.52. The molecule has 1 fully saturated rings. The van der Waals surface area contributed by atoms with Gasteiger partial charge in [-0.25, -0.2) is 0 Å². The summed E-state index contributed by atoms with van der Waals surface area (Å²) in [5, 5.41) is 13.9. The van der Waals surface area contributed by atoms with E-state index in [1.165, 1.54) is 0 Å². The van der Waals surface area contributed by atoms with E-state index < -0.39 is 5.60 Å². The van der Waals surface area contributed by atoms with Crippen LogP contribution in [0, 0.1) is 6.92 Å². The quantitative estimate of drug-likeness (QED) is 0.798. The number of nitrogens with one attached hydrogen (secondary N) is 1. The number of aromatic nitrogens is 1. The molecule has 3 heteroatoms. The van der Waals surface area contributed by atoms with Crippen molar-refractivity contribution in [3.05, 3.63) is 29.6 Å². The Morgan fingerprint density at radius 3 is 2.69 bits per heavy atom. The van der Waals surface area contributed by atoms with E-state index in [-0.39, 0.29) is 0 Å². The van der Waals surface area contributed by atoms with Crippen LogP contribution < -0.4 is 5.32 Å². The van der Waals surface area contributed by atoms with Gasteiger partial charge in [-0.05, 0) is 51.3 Å². The van der Waals surface area contributed by atoms with Crippen molar-refractivity contribution in [1.29, 1.82) is 0 Å². The van der Waals surface area contributed by atoms with Gasteiger partial charge in [-0.15, -0.1) is 0 Å². The zero-order valence-electron chi connectivity index (χ0n) is 10.0. The van der Waals surface area contributed by atoms with E-state index in [0.717, 1.165) is 36.8 Å². The third kappa shape index (κ3) is 2.11. The van der Waals surface area contributed by atoms with Crippen LogP contribution in [0.3, 0.4) is 0 Å². The molecule has 1 saturated carbocycles. The Balaban J connectivity index is 2.18. The average Bonchev–Trinajstić information content (AvgIpc) is 2.30. The Kier molecular flexibility index (Phi) is 3.26. The molecule has 0 bridgehead atoms. The van der Waals surface area contributed by atoms with Crippen LogP contribution in [-0.4, -0.2) is 23.2 Å². The summed E-state index contributed by atoms with van der Waals surface area (Å²) in [4.78, 5) is 4.13. The summed E-state index contributed by atoms with van der Waals surface area (Å²) in [5.74, 6) is 0. The first-order valence-corrected chi connectivity index (χ1v) is 5.96. The van der Waals surface area contributed by atoms with Gasteiger partial charge in [-0.2, -0.15) is 0 Å². The number of aryl methyl sites for hydroxylation is 1. The standard InChI is InChI=1S/C13H20N2O/c1-10-5-8-15-9-12(10)13(16)6-3-11(14-2)4-7-13/h5,8-9,11,14,16H,3-4,6-7H2,1-2H3. The fourth-order valence-corrected chi connectivity index (χ4v) is 2.60. The molecule has 0 unspecified atom stereocenters. The Morgan fingerprint density at radius 2 is 2.12 bits per heavy atom. The number of hydrogen-bond acceptors (Lipinski definition) is 3. The number of aliphatic hydroxyl groups is 1. The van der Waals surface area contributed by atoms with Crippen molar-refractivity contribution in [1.82, 2.24) is 10.3 Å². The normalized spacial score (nSPS) is 30.3. The van der Waals surface area contributed by atoms with E-state index >= 15 is 0 Å². The minimum atomic E-state index is -0.661. The lowest BCUT2D eigenvalue weighted by Crippen LogP contribution is -2.38. The molecule has 1 heterocycles. The molecule has 0 atom stereocenters. The molecule has 0 aromatic carbocycles. The summed E-state index contributed by atoms with van der Waals surface area (Å²) in [5.41, 5.74) is 1.48. The van der Waals surface area contributed by atoms with Crippen LogP contribution in [0.4, 0.5) is 0 Å². The average molecular weight is 220 g/mol. The predicted molar refractivity (Wildman–Crippen MR) is 64.2 cm³/mol. The topological polar surface area (TPSA) is 45.1 Å². The van der Waals surface area contributed by atoms with Crippen molar-refractivity contribution in [3.8, 4) is 0 Å². The zero-order chi connectivity index (χ0) is 11.6. The minimum Gasteiger partial charge on any atom is -0.385 e. The molecule has 0 aliphatic heterocycles. The molecule has 2 N–H and O–H groups in total. The van der Waals surface area contributed by atoms with Crippen LogP contribution in [-0.2, 0) is 5.60 Å². The number of rotatable bonds is 2. The molecular weight excluding hydrogens is 200 g/mol. The third-order valence-electron chi connectivity index (χ3n) is 3.76. The summed E-state index contributed by atoms with van der Waals surface area (Å²) in [6, 6.07) is 2.52. The van der Waals surface area contributed by atoms with Gasteiger partial charge >= 0.3 is 0 Å². The third-order valence-corrected chi connectivity index (χ3v) is 3.76. The predicted octanol–water partition coefficient (Wildman–Crippen LogP) is 1.74. The molecule has 0 saturated heterocycles. The van der Waals surface area contributed by atoms with Crippen molar-refractivity contribution >= 4 is 0 Å². The van der Waals surface area contributed by atoms with E-state index in [9.17, 15) is 5.11 Å². The summed E-state index contributed by atoms with van der Waals surface area (Å²) in [6.07, 6.45) is 7.30. The number of nitrogens with zero attached hydrogens (tertiary/aromatic N) is 1. The highest BCUT2D eigenvalue weighted by atomic mass is 16.3. The highest BCUT2D eigenvalue weighted by Crippen LogP contribution is 2.37. The molecular formula is C13H20N2O. The molecule has 0 amide bonds. The molecule has 0 spiro atoms. The fourth-order valence-electron chi connectivity index (χ4n) is 2.60. The number of pyridine rings is 1. The van der Waals surface area contributed by atoms with Gasteiger partial charge in [-0.3, -0.25) is 4.98 Å². The maximum atomic E-state index is 10.7. The van der Waals surface area contributed by atoms with Crippen molar-refractivity contribution in [2.75, 3.05) is 7.05 Å². The lowest BCUT2D eigenvalue weighted by atomic mass is 9.77. The van der Waals surface area contributed by atoms with Crippen molar-refractivity contribution < 1.29 is 5.11 Å². The van der Waals surface area contributed by atoms with E-state index in [4.69, 9.17) is 0 Å². The van der Waals surface area contributed by atoms with Gasteiger partial charge in [0.15, 0.2) is 0 Å². The van der Waals surface area contributed by atoms with E-state index in [1.807, 2.05) is 26.2 Å². The smallest absolute Gasteiger partial charge is 0.0915 e. The summed E-state index contributed by atoms with van der Waals surface area (Å²) in [7, 11) is 1.99. The largest absolute Gasteiger partial charge is 0.385 e. The van der Waals surface area contributed by atoms with Crippen molar-refractivity contribution in [2.45, 2.75) is 44.2 Å². The summed E-state index contributed by atoms with van der Waals surface area (Å²) >= 11 is 0. The lowest BCUT2D eigenvalue weighted by Gasteiger charge is -2.36. The van der Waals surface area contributed by atoms with E-state index in [0.29, 0.717) is 6.04 Å². The van der Waals surface area contributed by atoms with Crippen molar-refractivity contribution in [3.63, 3.8) is 0 Å². The zero-order valence-corrected chi connectivity index (χ0v) is 10.0. The molecule has 0 radical (unpaired) electrons. The second-order valence-corrected chi connectivity index (χ2v) is 4.79. The fraction of sp³-hybridized carbons (Fsp3) is 0.615. The molecule has 3 nitrogen and oxygen atoms in total. The van der Waals surface area contributed by atoms with Gasteiger partial charge in [0.05, 0.1) is 5.60 Å². The Labute approximate surface area is 96.9 Å². The SMILES string of the molecule is CNC1CCC(O)(c2cnccc2C)CC1. The van der Waals surface area contributed by atoms with Crippen LogP contribution in [0.25, 0.3) is 0 Å². The van der Waals surface area contributed by atoms with Gasteiger partial charge in [0.25, 0.3) is 0 Å². The van der Waals surface area contributed by atoms with Crippen molar-refractivity contribution in [2.24, 2.45) is 0 Å². The minimum absolute atomic E-state index is 0.553. The maximum Gasteiger partial charge on any atom is 0.0915 e. The highest BCUT2D eigenvalue weighted by molar-refractivity contribution is 5.28. The summed E-state index contributed by atoms with van der Waals surface area (Å²) < 4.78 is 0. The van der Waals surface area contributed by atoms with Crippen LogP contribution in [0.2, 0.25) is 0 Å². The monoisotopic (exact) mass is 220 g/mol. The van der Waals surface area contributed by atoms with Crippen LogP contribution in [0.15, 0.2) is 18.5 Å². The van der Waals surface area contributed by atoms with Gasteiger partial charge in [0.1, 0.15) is 0 Å². The second-order valence-electron chi connectivity index (χ2n) is 4.79. The Hall–Kier alpha value is -0.930. The highest BCUT2D eigenvalue weighted by Gasteiger charge is 2.35. The van der Waals surface area contributed by atoms with Gasteiger partial charge in [0.2, 0.25) is 0 Å². The van der Waals surface area contributed by atoms with Crippen LogP contribution in [0.1, 0.15) is 36.8 Å². The van der Waals surface area contributed by atoms with Crippen LogP contribution >= 0.6 is 0 Å². The van der Waals surface area contributed by atoms with Crippen LogP contribution in [0.5, 0.6) is 0 Å². The first-order chi connectivity index (χ1) is 7.65. The molecule has 1 aromatic rings. The first-order valence-electron chi connectivity index (χ1n) is 5.96. The maximum absolute atomic E-state index is 10.7. The number of hydrogen-bond donors (Lipinski definition) is 2. The van der Waals surface area contributed by atoms with Gasteiger partial charge in [0, 0.05) is 24.0 Å². The molecule has 1 aliphatic rings. The van der Waals surface area contributed by atoms with Gasteiger partial charge < -0.3 is 10.4 Å². The van der Waals surface area contributed by atoms with E-state index in [1.54, 1.807) is 6.20 Å². The first kappa shape index (κ1) is 11.6. The van der Waals surface area contributed by atoms with Gasteiger partial charge in [-0.1, -0.05) is 0 Å². The van der Waals surface area contributed by atoms with E-state index in [2.05, 4.69) is 10.3 Å². The molecule has 2 rings (SSSR count). The molecule has 16 heavy (non-hydrogen) atoms. The molecule has 1 aromatic heterocycles. The Morgan fingerprint density at radius 1 is 1.44 bits per heavy atom. The summed E-state index contributed by atoms with van der Waals surface area (Å²) in [6.45, 7) is 2.04. The lowest BCUT2D eigenvalue weighted by molar-refractivity contribution is -0.00844. The molecule has 88 valence electrons. The Bertz CT molecular complexity index is 357.